The molecule has 0 spiro atoms. The van der Waals surface area contributed by atoms with Crippen molar-refractivity contribution in [3.05, 3.63) is 12.0 Å². The SMILES string of the molecule is CCNc1ncc(F)c(NCCCOCC)n1. The number of ether oxygens (including phenoxy) is 1. The van der Waals surface area contributed by atoms with Crippen LogP contribution in [0.3, 0.4) is 0 Å². The van der Waals surface area contributed by atoms with Crippen LogP contribution in [0.15, 0.2) is 6.20 Å². The van der Waals surface area contributed by atoms with Gasteiger partial charge in [0.25, 0.3) is 0 Å². The van der Waals surface area contributed by atoms with E-state index in [0.717, 1.165) is 12.6 Å². The topological polar surface area (TPSA) is 59.1 Å². The summed E-state index contributed by atoms with van der Waals surface area (Å²) in [4.78, 5) is 7.86. The average molecular weight is 242 g/mol. The van der Waals surface area contributed by atoms with Crippen molar-refractivity contribution in [3.8, 4) is 0 Å². The molecule has 6 heteroatoms. The fourth-order valence-electron chi connectivity index (χ4n) is 1.26. The summed E-state index contributed by atoms with van der Waals surface area (Å²) < 4.78 is 18.5. The molecule has 1 heterocycles. The summed E-state index contributed by atoms with van der Waals surface area (Å²) in [5.41, 5.74) is 0. The third-order valence-corrected chi connectivity index (χ3v) is 2.04. The first-order valence-corrected chi connectivity index (χ1v) is 5.86. The van der Waals surface area contributed by atoms with Gasteiger partial charge in [-0.15, -0.1) is 0 Å². The fourth-order valence-corrected chi connectivity index (χ4v) is 1.26. The number of nitrogens with zero attached hydrogens (tertiary/aromatic N) is 2. The molecule has 0 bridgehead atoms. The molecule has 0 aromatic carbocycles. The summed E-state index contributed by atoms with van der Waals surface area (Å²) in [7, 11) is 0. The Balaban J connectivity index is 2.42. The Hall–Kier alpha value is -1.43. The molecule has 0 unspecified atom stereocenters. The van der Waals surface area contributed by atoms with Gasteiger partial charge in [-0.25, -0.2) is 9.37 Å². The number of rotatable bonds is 8. The molecule has 0 radical (unpaired) electrons. The Kier molecular flexibility index (Phi) is 6.24. The molecule has 0 aliphatic rings. The highest BCUT2D eigenvalue weighted by molar-refractivity contribution is 5.40. The van der Waals surface area contributed by atoms with Crippen LogP contribution in [0, 0.1) is 5.82 Å². The summed E-state index contributed by atoms with van der Waals surface area (Å²) in [5.74, 6) is 0.219. The van der Waals surface area contributed by atoms with Gasteiger partial charge in [-0.1, -0.05) is 0 Å². The van der Waals surface area contributed by atoms with Gasteiger partial charge in [0.05, 0.1) is 6.20 Å². The van der Waals surface area contributed by atoms with Crippen molar-refractivity contribution in [1.29, 1.82) is 0 Å². The highest BCUT2D eigenvalue weighted by Crippen LogP contribution is 2.11. The predicted octanol–water partition coefficient (Wildman–Crippen LogP) is 1.89. The van der Waals surface area contributed by atoms with E-state index in [1.165, 1.54) is 0 Å². The maximum atomic E-state index is 13.3. The predicted molar refractivity (Wildman–Crippen MR) is 65.8 cm³/mol. The molecule has 1 rings (SSSR count). The smallest absolute Gasteiger partial charge is 0.224 e. The minimum absolute atomic E-state index is 0.229. The Labute approximate surface area is 101 Å². The van der Waals surface area contributed by atoms with Gasteiger partial charge in [0, 0.05) is 26.3 Å². The molecule has 17 heavy (non-hydrogen) atoms. The number of halogens is 1. The van der Waals surface area contributed by atoms with Gasteiger partial charge in [-0.05, 0) is 20.3 Å². The van der Waals surface area contributed by atoms with Crippen LogP contribution in [0.2, 0.25) is 0 Å². The van der Waals surface area contributed by atoms with Crippen LogP contribution < -0.4 is 10.6 Å². The molecule has 0 saturated heterocycles. The first-order valence-electron chi connectivity index (χ1n) is 5.86. The Bertz CT molecular complexity index is 335. The number of hydrogen-bond donors (Lipinski definition) is 2. The van der Waals surface area contributed by atoms with Gasteiger partial charge in [-0.3, -0.25) is 0 Å². The normalized spacial score (nSPS) is 10.3. The lowest BCUT2D eigenvalue weighted by molar-refractivity contribution is 0.147. The molecule has 0 atom stereocenters. The van der Waals surface area contributed by atoms with Crippen LogP contribution in [0.1, 0.15) is 20.3 Å². The van der Waals surface area contributed by atoms with Crippen LogP contribution in [-0.4, -0.2) is 36.3 Å². The van der Waals surface area contributed by atoms with Crippen molar-refractivity contribution >= 4 is 11.8 Å². The summed E-state index contributed by atoms with van der Waals surface area (Å²) >= 11 is 0. The van der Waals surface area contributed by atoms with Gasteiger partial charge in [0.2, 0.25) is 5.95 Å². The van der Waals surface area contributed by atoms with Crippen LogP contribution in [0.5, 0.6) is 0 Å². The molecular weight excluding hydrogens is 223 g/mol. The van der Waals surface area contributed by atoms with E-state index in [4.69, 9.17) is 4.74 Å². The average Bonchev–Trinajstić information content (AvgIpc) is 2.33. The van der Waals surface area contributed by atoms with E-state index in [-0.39, 0.29) is 5.82 Å². The number of hydrogen-bond acceptors (Lipinski definition) is 5. The van der Waals surface area contributed by atoms with Crippen molar-refractivity contribution < 1.29 is 9.13 Å². The molecule has 0 aliphatic heterocycles. The Morgan fingerprint density at radius 2 is 2.18 bits per heavy atom. The molecular formula is C11H19FN4O. The van der Waals surface area contributed by atoms with Crippen LogP contribution in [0.4, 0.5) is 16.2 Å². The monoisotopic (exact) mass is 242 g/mol. The standard InChI is InChI=1S/C11H19FN4O/c1-3-13-11-15-8-9(12)10(16-11)14-6-5-7-17-4-2/h8H,3-7H2,1-2H3,(H2,13,14,15,16). The van der Waals surface area contributed by atoms with Gasteiger partial charge in [0.1, 0.15) is 0 Å². The maximum Gasteiger partial charge on any atom is 0.224 e. The Morgan fingerprint density at radius 3 is 2.88 bits per heavy atom. The second-order valence-corrected chi connectivity index (χ2v) is 3.40. The van der Waals surface area contributed by atoms with E-state index in [0.29, 0.717) is 32.3 Å². The minimum Gasteiger partial charge on any atom is -0.382 e. The van der Waals surface area contributed by atoms with E-state index in [1.54, 1.807) is 0 Å². The summed E-state index contributed by atoms with van der Waals surface area (Å²) in [6.45, 7) is 6.57. The van der Waals surface area contributed by atoms with Gasteiger partial charge in [0.15, 0.2) is 11.6 Å². The van der Waals surface area contributed by atoms with E-state index < -0.39 is 5.82 Å². The van der Waals surface area contributed by atoms with Crippen LogP contribution >= 0.6 is 0 Å². The highest BCUT2D eigenvalue weighted by Gasteiger charge is 2.05. The second kappa shape index (κ2) is 7.78. The van der Waals surface area contributed by atoms with Crippen LogP contribution in [0.25, 0.3) is 0 Å². The number of anilines is 2. The molecule has 1 aromatic rings. The quantitative estimate of drug-likeness (QED) is 0.682. The third kappa shape index (κ3) is 4.95. The van der Waals surface area contributed by atoms with Gasteiger partial charge >= 0.3 is 0 Å². The van der Waals surface area contributed by atoms with E-state index >= 15 is 0 Å². The Morgan fingerprint density at radius 1 is 1.35 bits per heavy atom. The first-order chi connectivity index (χ1) is 8.27. The fraction of sp³-hybridized carbons (Fsp3) is 0.636. The summed E-state index contributed by atoms with van der Waals surface area (Å²) in [6, 6.07) is 0. The zero-order valence-corrected chi connectivity index (χ0v) is 10.3. The molecule has 96 valence electrons. The number of nitrogens with one attached hydrogen (secondary N) is 2. The lowest BCUT2D eigenvalue weighted by Gasteiger charge is -2.08. The maximum absolute atomic E-state index is 13.3. The van der Waals surface area contributed by atoms with Gasteiger partial charge < -0.3 is 15.4 Å². The third-order valence-electron chi connectivity index (χ3n) is 2.04. The molecule has 0 amide bonds. The largest absolute Gasteiger partial charge is 0.382 e. The lowest BCUT2D eigenvalue weighted by Crippen LogP contribution is -2.11. The highest BCUT2D eigenvalue weighted by atomic mass is 19.1. The molecule has 0 aliphatic carbocycles. The minimum atomic E-state index is -0.442. The van der Waals surface area contributed by atoms with Crippen LogP contribution in [-0.2, 0) is 4.74 Å². The van der Waals surface area contributed by atoms with Gasteiger partial charge in [-0.2, -0.15) is 4.98 Å². The second-order valence-electron chi connectivity index (χ2n) is 3.40. The van der Waals surface area contributed by atoms with Crippen molar-refractivity contribution in [2.75, 3.05) is 36.9 Å². The zero-order chi connectivity index (χ0) is 12.5. The van der Waals surface area contributed by atoms with Crippen molar-refractivity contribution in [3.63, 3.8) is 0 Å². The molecule has 2 N–H and O–H groups in total. The zero-order valence-electron chi connectivity index (χ0n) is 10.3. The molecule has 0 saturated carbocycles. The molecule has 5 nitrogen and oxygen atoms in total. The van der Waals surface area contributed by atoms with Crippen molar-refractivity contribution in [2.24, 2.45) is 0 Å². The summed E-state index contributed by atoms with van der Waals surface area (Å²) in [5, 5.41) is 5.86. The molecule has 0 fully saturated rings. The number of aromatic nitrogens is 2. The van der Waals surface area contributed by atoms with E-state index in [9.17, 15) is 4.39 Å². The van der Waals surface area contributed by atoms with Crippen molar-refractivity contribution in [2.45, 2.75) is 20.3 Å². The molecule has 1 aromatic heterocycles. The summed E-state index contributed by atoms with van der Waals surface area (Å²) in [6.07, 6.45) is 1.98. The van der Waals surface area contributed by atoms with E-state index in [2.05, 4.69) is 20.6 Å². The van der Waals surface area contributed by atoms with Crippen molar-refractivity contribution in [1.82, 2.24) is 9.97 Å². The first kappa shape index (κ1) is 13.6. The van der Waals surface area contributed by atoms with E-state index in [1.807, 2.05) is 13.8 Å². The lowest BCUT2D eigenvalue weighted by atomic mass is 10.4.